The van der Waals surface area contributed by atoms with Crippen molar-refractivity contribution in [2.24, 2.45) is 13.0 Å². The summed E-state index contributed by atoms with van der Waals surface area (Å²) in [5.41, 5.74) is 14.0. The fraction of sp³-hybridized carbons (Fsp3) is 0.271. The standard InChI is InChI=1S/C48H51N2/c1-9-27-48(7,33(2)3)43-31-38(47(4,5)6)22-23-40(43)46-32-39(26-28-49(46)8)50-44-24-20-36(34-16-12-10-13-17-34)29-41(44)42-30-37(21-25-45(42)50)35-18-14-11-15-19-35/h10-26,28-33H,9,27H2,1-8H3/q+1. The van der Waals surface area contributed by atoms with E-state index in [0.29, 0.717) is 5.92 Å². The van der Waals surface area contributed by atoms with Gasteiger partial charge in [-0.2, -0.15) is 0 Å². The lowest BCUT2D eigenvalue weighted by atomic mass is 9.67. The molecule has 0 aliphatic heterocycles. The molecule has 2 heterocycles. The second kappa shape index (κ2) is 13.1. The van der Waals surface area contributed by atoms with Gasteiger partial charge in [0.05, 0.1) is 16.7 Å². The normalized spacial score (nSPS) is 13.3. The van der Waals surface area contributed by atoms with Crippen LogP contribution in [-0.4, -0.2) is 4.57 Å². The maximum atomic E-state index is 2.52. The van der Waals surface area contributed by atoms with Crippen LogP contribution in [0.15, 0.2) is 134 Å². The highest BCUT2D eigenvalue weighted by atomic mass is 15.0. The Kier molecular flexibility index (Phi) is 8.76. The van der Waals surface area contributed by atoms with Crippen LogP contribution in [0.3, 0.4) is 0 Å². The van der Waals surface area contributed by atoms with Crippen LogP contribution in [0.4, 0.5) is 0 Å². The smallest absolute Gasteiger partial charge is 0.214 e. The highest BCUT2D eigenvalue weighted by Gasteiger charge is 2.35. The van der Waals surface area contributed by atoms with Crippen molar-refractivity contribution in [1.82, 2.24) is 4.57 Å². The zero-order valence-electron chi connectivity index (χ0n) is 31.1. The minimum atomic E-state index is 0.0445. The first-order chi connectivity index (χ1) is 24.0. The maximum absolute atomic E-state index is 2.52. The van der Waals surface area contributed by atoms with E-state index in [4.69, 9.17) is 0 Å². The van der Waals surface area contributed by atoms with E-state index in [1.54, 1.807) is 0 Å². The number of benzene rings is 5. The van der Waals surface area contributed by atoms with E-state index in [2.05, 4.69) is 198 Å². The van der Waals surface area contributed by atoms with Crippen LogP contribution in [0.25, 0.3) is 61.0 Å². The summed E-state index contributed by atoms with van der Waals surface area (Å²) in [5, 5.41) is 2.53. The maximum Gasteiger partial charge on any atom is 0.214 e. The van der Waals surface area contributed by atoms with Gasteiger partial charge in [-0.15, -0.1) is 0 Å². The number of pyridine rings is 1. The molecule has 0 aliphatic carbocycles. The molecule has 0 saturated heterocycles. The minimum absolute atomic E-state index is 0.0445. The predicted molar refractivity (Wildman–Crippen MR) is 214 cm³/mol. The van der Waals surface area contributed by atoms with E-state index in [1.807, 2.05) is 0 Å². The number of aromatic nitrogens is 2. The molecule has 0 spiro atoms. The first-order valence-electron chi connectivity index (χ1n) is 18.3. The molecule has 0 saturated carbocycles. The number of nitrogens with zero attached hydrogens (tertiary/aromatic N) is 2. The molecule has 0 fully saturated rings. The average molecular weight is 656 g/mol. The summed E-state index contributed by atoms with van der Waals surface area (Å²) in [4.78, 5) is 0. The van der Waals surface area contributed by atoms with E-state index in [9.17, 15) is 0 Å². The fourth-order valence-corrected chi connectivity index (χ4v) is 7.85. The summed E-state index contributed by atoms with van der Waals surface area (Å²) in [7, 11) is 2.19. The van der Waals surface area contributed by atoms with E-state index >= 15 is 0 Å². The summed E-state index contributed by atoms with van der Waals surface area (Å²) in [6.45, 7) is 16.6. The summed E-state index contributed by atoms with van der Waals surface area (Å²) < 4.78 is 4.77. The lowest BCUT2D eigenvalue weighted by Gasteiger charge is -2.37. The third-order valence-electron chi connectivity index (χ3n) is 11.2. The van der Waals surface area contributed by atoms with E-state index in [0.717, 1.165) is 12.8 Å². The van der Waals surface area contributed by atoms with Gasteiger partial charge in [-0.25, -0.2) is 4.57 Å². The Morgan fingerprint density at radius 1 is 0.620 bits per heavy atom. The van der Waals surface area contributed by atoms with Crippen molar-refractivity contribution in [1.29, 1.82) is 0 Å². The molecular formula is C48H51N2+. The number of fused-ring (bicyclic) bond motifs is 3. The van der Waals surface area contributed by atoms with Crippen molar-refractivity contribution < 1.29 is 4.57 Å². The molecule has 1 atom stereocenters. The quantitative estimate of drug-likeness (QED) is 0.144. The predicted octanol–water partition coefficient (Wildman–Crippen LogP) is 12.6. The molecule has 0 aliphatic rings. The van der Waals surface area contributed by atoms with Crippen LogP contribution in [0, 0.1) is 5.92 Å². The van der Waals surface area contributed by atoms with Gasteiger partial charge in [0.15, 0.2) is 6.20 Å². The minimum Gasteiger partial charge on any atom is -0.309 e. The molecule has 0 N–H and O–H groups in total. The highest BCUT2D eigenvalue weighted by molar-refractivity contribution is 6.11. The molecule has 252 valence electrons. The van der Waals surface area contributed by atoms with Gasteiger partial charge in [-0.05, 0) is 86.9 Å². The van der Waals surface area contributed by atoms with Crippen LogP contribution in [0.2, 0.25) is 0 Å². The molecule has 2 aromatic heterocycles. The lowest BCUT2D eigenvalue weighted by Crippen LogP contribution is -2.34. The number of rotatable bonds is 8. The van der Waals surface area contributed by atoms with Crippen LogP contribution >= 0.6 is 0 Å². The summed E-state index contributed by atoms with van der Waals surface area (Å²) in [5.74, 6) is 0.500. The van der Waals surface area contributed by atoms with Crippen molar-refractivity contribution in [3.63, 3.8) is 0 Å². The molecule has 2 heteroatoms. The number of hydrogen-bond donors (Lipinski definition) is 0. The molecule has 7 aromatic rings. The molecule has 1 unspecified atom stereocenters. The van der Waals surface area contributed by atoms with Crippen LogP contribution in [0.1, 0.15) is 72.4 Å². The summed E-state index contributed by atoms with van der Waals surface area (Å²) in [6.07, 6.45) is 4.54. The number of hydrogen-bond acceptors (Lipinski definition) is 0. The zero-order chi connectivity index (χ0) is 35.2. The largest absolute Gasteiger partial charge is 0.309 e. The van der Waals surface area contributed by atoms with Gasteiger partial charge in [-0.3, -0.25) is 0 Å². The number of aryl methyl sites for hydroxylation is 1. The topological polar surface area (TPSA) is 8.81 Å². The fourth-order valence-electron chi connectivity index (χ4n) is 7.85. The third-order valence-corrected chi connectivity index (χ3v) is 11.2. The van der Waals surface area contributed by atoms with E-state index in [-0.39, 0.29) is 10.8 Å². The molecule has 0 bridgehead atoms. The lowest BCUT2D eigenvalue weighted by molar-refractivity contribution is -0.660. The Bertz CT molecular complexity index is 2200. The Morgan fingerprint density at radius 3 is 1.68 bits per heavy atom. The summed E-state index contributed by atoms with van der Waals surface area (Å²) in [6, 6.07) is 47.3. The van der Waals surface area contributed by atoms with Gasteiger partial charge in [0.1, 0.15) is 7.05 Å². The van der Waals surface area contributed by atoms with Crippen molar-refractivity contribution in [2.45, 2.75) is 72.1 Å². The van der Waals surface area contributed by atoms with Gasteiger partial charge < -0.3 is 4.57 Å². The van der Waals surface area contributed by atoms with Gasteiger partial charge >= 0.3 is 0 Å². The van der Waals surface area contributed by atoms with Gasteiger partial charge in [-0.1, -0.05) is 140 Å². The molecule has 5 aromatic carbocycles. The van der Waals surface area contributed by atoms with Crippen LogP contribution in [-0.2, 0) is 17.9 Å². The molecule has 2 nitrogen and oxygen atoms in total. The second-order valence-corrected chi connectivity index (χ2v) is 15.7. The Labute approximate surface area is 299 Å². The van der Waals surface area contributed by atoms with Crippen molar-refractivity contribution in [3.05, 3.63) is 145 Å². The van der Waals surface area contributed by atoms with Crippen molar-refractivity contribution in [2.75, 3.05) is 0 Å². The van der Waals surface area contributed by atoms with Crippen LogP contribution in [0.5, 0.6) is 0 Å². The molecular weight excluding hydrogens is 605 g/mol. The van der Waals surface area contributed by atoms with Gasteiger partial charge in [0.2, 0.25) is 5.69 Å². The average Bonchev–Trinajstić information content (AvgIpc) is 3.45. The van der Waals surface area contributed by atoms with Crippen molar-refractivity contribution >= 4 is 21.8 Å². The molecule has 50 heavy (non-hydrogen) atoms. The monoisotopic (exact) mass is 655 g/mol. The first kappa shape index (κ1) is 33.5. The van der Waals surface area contributed by atoms with E-state index in [1.165, 1.54) is 72.1 Å². The third kappa shape index (κ3) is 5.96. The Morgan fingerprint density at radius 2 is 1.18 bits per heavy atom. The Balaban J connectivity index is 1.48. The second-order valence-electron chi connectivity index (χ2n) is 15.7. The van der Waals surface area contributed by atoms with Crippen molar-refractivity contribution in [3.8, 4) is 39.2 Å². The molecule has 0 radical (unpaired) electrons. The SMILES string of the molecule is CCCC(C)(c1cc(C(C)(C)C)ccc1-c1cc(-n2c3ccc(-c4ccccc4)cc3c3cc(-c4ccccc4)ccc32)cc[n+]1C)C(C)C. The molecule has 0 amide bonds. The first-order valence-corrected chi connectivity index (χ1v) is 18.3. The van der Waals surface area contributed by atoms with E-state index < -0.39 is 0 Å². The zero-order valence-corrected chi connectivity index (χ0v) is 31.1. The Hall–Kier alpha value is -4.95. The van der Waals surface area contributed by atoms with Crippen LogP contribution < -0.4 is 4.57 Å². The van der Waals surface area contributed by atoms with Gasteiger partial charge in [0, 0.05) is 28.5 Å². The summed E-state index contributed by atoms with van der Waals surface area (Å²) >= 11 is 0. The highest BCUT2D eigenvalue weighted by Crippen LogP contribution is 2.44. The van der Waals surface area contributed by atoms with Gasteiger partial charge in [0.25, 0.3) is 0 Å². The molecule has 7 rings (SSSR count).